The number of carbonyl (C=O) groups is 2. The van der Waals surface area contributed by atoms with E-state index in [4.69, 9.17) is 17.0 Å². The van der Waals surface area contributed by atoms with Crippen LogP contribution in [-0.4, -0.2) is 23.4 Å². The van der Waals surface area contributed by atoms with Crippen molar-refractivity contribution >= 4 is 34.7 Å². The number of hydrogen-bond donors (Lipinski definition) is 2. The highest BCUT2D eigenvalue weighted by Gasteiger charge is 2.13. The van der Waals surface area contributed by atoms with Crippen LogP contribution in [0.4, 0.5) is 5.69 Å². The minimum atomic E-state index is -0.350. The van der Waals surface area contributed by atoms with Gasteiger partial charge in [-0.1, -0.05) is 37.6 Å². The van der Waals surface area contributed by atoms with Crippen LogP contribution in [0.15, 0.2) is 48.5 Å². The molecule has 2 aromatic rings. The molecule has 0 aromatic heterocycles. The van der Waals surface area contributed by atoms with Gasteiger partial charge in [0.05, 0.1) is 12.2 Å². The number of nitrogens with one attached hydrogen (secondary N) is 2. The SMILES string of the molecule is CCCCOc1ccccc1C(=O)NC(=S)Nc1cccc(C(C)=O)c1. The molecule has 0 aliphatic rings. The van der Waals surface area contributed by atoms with Crippen molar-refractivity contribution in [1.29, 1.82) is 0 Å². The van der Waals surface area contributed by atoms with Crippen LogP contribution in [-0.2, 0) is 0 Å². The van der Waals surface area contributed by atoms with E-state index in [0.717, 1.165) is 12.8 Å². The van der Waals surface area contributed by atoms with Gasteiger partial charge in [-0.05, 0) is 49.8 Å². The molecule has 2 N–H and O–H groups in total. The molecule has 0 saturated heterocycles. The highest BCUT2D eigenvalue weighted by atomic mass is 32.1. The number of ketones is 1. The van der Waals surface area contributed by atoms with Gasteiger partial charge >= 0.3 is 0 Å². The summed E-state index contributed by atoms with van der Waals surface area (Å²) in [4.78, 5) is 23.9. The first-order chi connectivity index (χ1) is 12.5. The molecule has 0 radical (unpaired) electrons. The number of carbonyl (C=O) groups excluding carboxylic acids is 2. The van der Waals surface area contributed by atoms with Gasteiger partial charge in [0.1, 0.15) is 5.75 Å². The lowest BCUT2D eigenvalue weighted by molar-refractivity contribution is 0.0972. The maximum absolute atomic E-state index is 12.5. The zero-order valence-electron chi connectivity index (χ0n) is 14.9. The van der Waals surface area contributed by atoms with Crippen LogP contribution in [0.1, 0.15) is 47.4 Å². The predicted octanol–water partition coefficient (Wildman–Crippen LogP) is 4.19. The molecule has 0 aliphatic heterocycles. The Hall–Kier alpha value is -2.73. The summed E-state index contributed by atoms with van der Waals surface area (Å²) in [5.41, 5.74) is 1.62. The quantitative estimate of drug-likeness (QED) is 0.434. The normalized spacial score (nSPS) is 10.1. The standard InChI is InChI=1S/C20H22N2O3S/c1-3-4-12-25-18-11-6-5-10-17(18)19(24)22-20(26)21-16-9-7-8-15(13-16)14(2)23/h5-11,13H,3-4,12H2,1-2H3,(H2,21,22,24,26). The number of thiocarbonyl (C=S) groups is 1. The Kier molecular flexibility index (Phi) is 7.29. The van der Waals surface area contributed by atoms with Gasteiger partial charge < -0.3 is 10.1 Å². The number of hydrogen-bond acceptors (Lipinski definition) is 4. The number of amides is 1. The van der Waals surface area contributed by atoms with Crippen LogP contribution < -0.4 is 15.4 Å². The molecule has 0 saturated carbocycles. The Bertz CT molecular complexity index is 805. The number of Topliss-reactive ketones (excluding diaryl/α,β-unsaturated/α-hetero) is 1. The number of rotatable bonds is 7. The fourth-order valence-electron chi connectivity index (χ4n) is 2.26. The first-order valence-electron chi connectivity index (χ1n) is 8.46. The van der Waals surface area contributed by atoms with Crippen molar-refractivity contribution < 1.29 is 14.3 Å². The molecule has 2 aromatic carbocycles. The van der Waals surface area contributed by atoms with Crippen molar-refractivity contribution in [3.05, 3.63) is 59.7 Å². The fraction of sp³-hybridized carbons (Fsp3) is 0.250. The molecule has 26 heavy (non-hydrogen) atoms. The van der Waals surface area contributed by atoms with Crippen molar-refractivity contribution in [3.63, 3.8) is 0 Å². The molecule has 0 spiro atoms. The molecule has 5 nitrogen and oxygen atoms in total. The van der Waals surface area contributed by atoms with Crippen LogP contribution >= 0.6 is 12.2 Å². The Morgan fingerprint density at radius 2 is 1.88 bits per heavy atom. The molecule has 0 aliphatic carbocycles. The van der Waals surface area contributed by atoms with Crippen LogP contribution in [0.5, 0.6) is 5.75 Å². The summed E-state index contributed by atoms with van der Waals surface area (Å²) >= 11 is 5.20. The predicted molar refractivity (Wildman–Crippen MR) is 107 cm³/mol. The summed E-state index contributed by atoms with van der Waals surface area (Å²) < 4.78 is 5.68. The van der Waals surface area contributed by atoms with E-state index in [0.29, 0.717) is 29.2 Å². The zero-order chi connectivity index (χ0) is 18.9. The number of ether oxygens (including phenoxy) is 1. The first-order valence-corrected chi connectivity index (χ1v) is 8.87. The Labute approximate surface area is 158 Å². The molecule has 2 rings (SSSR count). The van der Waals surface area contributed by atoms with Crippen molar-refractivity contribution in [1.82, 2.24) is 5.32 Å². The summed E-state index contributed by atoms with van der Waals surface area (Å²) in [6.45, 7) is 4.13. The number of benzene rings is 2. The number of para-hydroxylation sites is 1. The van der Waals surface area contributed by atoms with Crippen molar-refractivity contribution in [2.24, 2.45) is 0 Å². The van der Waals surface area contributed by atoms with Gasteiger partial charge in [-0.2, -0.15) is 0 Å². The maximum Gasteiger partial charge on any atom is 0.261 e. The van der Waals surface area contributed by atoms with Gasteiger partial charge in [0.25, 0.3) is 5.91 Å². The molecule has 0 heterocycles. The zero-order valence-corrected chi connectivity index (χ0v) is 15.7. The second-order valence-electron chi connectivity index (χ2n) is 5.74. The van der Waals surface area contributed by atoms with Gasteiger partial charge in [0, 0.05) is 11.3 Å². The van der Waals surface area contributed by atoms with E-state index in [-0.39, 0.29) is 16.8 Å². The van der Waals surface area contributed by atoms with Gasteiger partial charge in [0.15, 0.2) is 10.9 Å². The Balaban J connectivity index is 2.02. The molecular formula is C20H22N2O3S. The summed E-state index contributed by atoms with van der Waals surface area (Å²) in [6, 6.07) is 14.0. The van der Waals surface area contributed by atoms with Crippen LogP contribution in [0.2, 0.25) is 0 Å². The van der Waals surface area contributed by atoms with E-state index in [1.54, 1.807) is 42.5 Å². The Morgan fingerprint density at radius 3 is 2.62 bits per heavy atom. The second kappa shape index (κ2) is 9.68. The Morgan fingerprint density at radius 1 is 1.12 bits per heavy atom. The topological polar surface area (TPSA) is 67.4 Å². The third-order valence-corrected chi connectivity index (χ3v) is 3.85. The summed E-state index contributed by atoms with van der Waals surface area (Å²) in [6.07, 6.45) is 1.93. The van der Waals surface area contributed by atoms with Gasteiger partial charge in [0.2, 0.25) is 0 Å². The average molecular weight is 370 g/mol. The molecule has 0 fully saturated rings. The minimum absolute atomic E-state index is 0.0400. The van der Waals surface area contributed by atoms with Gasteiger partial charge in [-0.3, -0.25) is 14.9 Å². The van der Waals surface area contributed by atoms with E-state index in [9.17, 15) is 9.59 Å². The highest BCUT2D eigenvalue weighted by molar-refractivity contribution is 7.80. The number of unbranched alkanes of at least 4 members (excludes halogenated alkanes) is 1. The summed E-state index contributed by atoms with van der Waals surface area (Å²) in [7, 11) is 0. The largest absolute Gasteiger partial charge is 0.493 e. The van der Waals surface area contributed by atoms with Crippen molar-refractivity contribution in [2.75, 3.05) is 11.9 Å². The molecule has 136 valence electrons. The highest BCUT2D eigenvalue weighted by Crippen LogP contribution is 2.18. The molecule has 0 unspecified atom stereocenters. The summed E-state index contributed by atoms with van der Waals surface area (Å²) in [5.74, 6) is 0.138. The van der Waals surface area contributed by atoms with E-state index in [1.807, 2.05) is 6.07 Å². The van der Waals surface area contributed by atoms with E-state index in [2.05, 4.69) is 17.6 Å². The minimum Gasteiger partial charge on any atom is -0.493 e. The van der Waals surface area contributed by atoms with Crippen LogP contribution in [0.25, 0.3) is 0 Å². The van der Waals surface area contributed by atoms with Crippen LogP contribution in [0.3, 0.4) is 0 Å². The maximum atomic E-state index is 12.5. The van der Waals surface area contributed by atoms with Crippen molar-refractivity contribution in [2.45, 2.75) is 26.7 Å². The molecular weight excluding hydrogens is 348 g/mol. The summed E-state index contributed by atoms with van der Waals surface area (Å²) in [5, 5.41) is 5.71. The van der Waals surface area contributed by atoms with E-state index in [1.165, 1.54) is 6.92 Å². The third kappa shape index (κ3) is 5.67. The monoisotopic (exact) mass is 370 g/mol. The van der Waals surface area contributed by atoms with Crippen molar-refractivity contribution in [3.8, 4) is 5.75 Å². The van der Waals surface area contributed by atoms with Gasteiger partial charge in [-0.25, -0.2) is 0 Å². The lowest BCUT2D eigenvalue weighted by atomic mass is 10.1. The lowest BCUT2D eigenvalue weighted by Crippen LogP contribution is -2.34. The van der Waals surface area contributed by atoms with Gasteiger partial charge in [-0.15, -0.1) is 0 Å². The van der Waals surface area contributed by atoms with E-state index >= 15 is 0 Å². The van der Waals surface area contributed by atoms with Crippen LogP contribution in [0, 0.1) is 0 Å². The second-order valence-corrected chi connectivity index (χ2v) is 6.15. The molecule has 0 atom stereocenters. The van der Waals surface area contributed by atoms with E-state index < -0.39 is 0 Å². The first kappa shape index (κ1) is 19.6. The smallest absolute Gasteiger partial charge is 0.261 e. The molecule has 6 heteroatoms. The average Bonchev–Trinajstić information content (AvgIpc) is 2.62. The number of anilines is 1. The fourth-order valence-corrected chi connectivity index (χ4v) is 2.47. The molecule has 1 amide bonds. The third-order valence-electron chi connectivity index (χ3n) is 3.64. The molecule has 0 bridgehead atoms. The lowest BCUT2D eigenvalue weighted by Gasteiger charge is -2.13.